The van der Waals surface area contributed by atoms with Crippen molar-refractivity contribution in [1.29, 1.82) is 0 Å². The summed E-state index contributed by atoms with van der Waals surface area (Å²) in [5, 5.41) is 9.03. The number of nitrogens with zero attached hydrogens (tertiary/aromatic N) is 1. The van der Waals surface area contributed by atoms with Crippen LogP contribution in [0.1, 0.15) is 26.7 Å². The zero-order valence-electron chi connectivity index (χ0n) is 19.2. The minimum atomic E-state index is -0.720. The van der Waals surface area contributed by atoms with E-state index in [0.717, 1.165) is 55.2 Å². The summed E-state index contributed by atoms with van der Waals surface area (Å²) in [5.41, 5.74) is 6.21. The molecule has 0 unspecified atom stereocenters. The number of carbonyl (C=O) groups excluding carboxylic acids is 2. The first-order valence-electron chi connectivity index (χ1n) is 11.3. The Hall–Kier alpha value is -2.82. The van der Waals surface area contributed by atoms with Gasteiger partial charge in [0.15, 0.2) is 5.75 Å². The minimum absolute atomic E-state index is 0.0196. The topological polar surface area (TPSA) is 118 Å². The van der Waals surface area contributed by atoms with Crippen molar-refractivity contribution in [3.63, 3.8) is 0 Å². The Kier molecular flexibility index (Phi) is 9.35. The molecule has 3 amide bonds. The normalized spacial score (nSPS) is 15.8. The smallest absolute Gasteiger partial charge is 0.412 e. The Morgan fingerprint density at radius 1 is 1.24 bits per heavy atom. The van der Waals surface area contributed by atoms with Gasteiger partial charge in [-0.25, -0.2) is 9.59 Å². The molecule has 1 aromatic heterocycles. The maximum Gasteiger partial charge on any atom is 0.412 e. The van der Waals surface area contributed by atoms with Crippen LogP contribution in [-0.4, -0.2) is 62.4 Å². The number of hydrogen-bond donors (Lipinski definition) is 4. The summed E-state index contributed by atoms with van der Waals surface area (Å²) >= 11 is 1.29. The number of ether oxygens (including phenoxy) is 2. The number of nitrogens with two attached hydrogens (primary N) is 1. The van der Waals surface area contributed by atoms with Crippen molar-refractivity contribution in [2.75, 3.05) is 44.6 Å². The quantitative estimate of drug-likeness (QED) is 0.418. The third-order valence-corrected chi connectivity index (χ3v) is 6.55. The molecule has 180 valence electrons. The predicted octanol–water partition coefficient (Wildman–Crippen LogP) is 3.47. The summed E-state index contributed by atoms with van der Waals surface area (Å²) in [7, 11) is 0. The second-order valence-corrected chi connectivity index (χ2v) is 8.82. The molecular formula is C23H33N5O4S. The Balaban J connectivity index is 1.65. The molecule has 9 nitrogen and oxygen atoms in total. The number of carbonyl (C=O) groups is 2. The lowest BCUT2D eigenvalue weighted by Crippen LogP contribution is -2.46. The van der Waals surface area contributed by atoms with Crippen LogP contribution < -0.4 is 31.2 Å². The number of anilines is 1. The van der Waals surface area contributed by atoms with Crippen LogP contribution in [0.5, 0.6) is 11.5 Å². The highest BCUT2D eigenvalue weighted by Crippen LogP contribution is 2.41. The lowest BCUT2D eigenvalue weighted by molar-refractivity contribution is 0.193. The standard InChI is InChI=1S/C23H33N5O4S/c1-3-28(4-2)12-13-31-18-9-7-16(8-10-18)20-14-19(21(33-20)27-22(24)29)32-23(30)26-17-6-5-11-25-15-17/h7-10,14,17,25H,3-6,11-13,15H2,1-2H3,(H,26,30)(H3,24,27,29)/t17-/m0/s1. The molecule has 0 spiro atoms. The summed E-state index contributed by atoms with van der Waals surface area (Å²) in [6.07, 6.45) is 1.33. The first-order valence-corrected chi connectivity index (χ1v) is 12.1. The summed E-state index contributed by atoms with van der Waals surface area (Å²) < 4.78 is 11.3. The number of rotatable bonds is 10. The molecule has 0 radical (unpaired) electrons. The average Bonchev–Trinajstić information content (AvgIpc) is 3.19. The van der Waals surface area contributed by atoms with Crippen LogP contribution in [0.3, 0.4) is 0 Å². The van der Waals surface area contributed by atoms with E-state index in [2.05, 4.69) is 34.7 Å². The molecule has 0 saturated carbocycles. The van der Waals surface area contributed by atoms with E-state index in [4.69, 9.17) is 15.2 Å². The molecule has 0 bridgehead atoms. The van der Waals surface area contributed by atoms with Crippen molar-refractivity contribution >= 4 is 28.5 Å². The van der Waals surface area contributed by atoms with Gasteiger partial charge in [-0.3, -0.25) is 5.32 Å². The fourth-order valence-electron chi connectivity index (χ4n) is 3.61. The largest absolute Gasteiger partial charge is 0.492 e. The van der Waals surface area contributed by atoms with Crippen LogP contribution in [0, 0.1) is 0 Å². The van der Waals surface area contributed by atoms with E-state index < -0.39 is 12.1 Å². The van der Waals surface area contributed by atoms with E-state index in [-0.39, 0.29) is 11.8 Å². The Morgan fingerprint density at radius 2 is 2.00 bits per heavy atom. The van der Waals surface area contributed by atoms with Gasteiger partial charge in [-0.1, -0.05) is 13.8 Å². The van der Waals surface area contributed by atoms with Gasteiger partial charge in [0.25, 0.3) is 0 Å². The van der Waals surface area contributed by atoms with Crippen molar-refractivity contribution in [1.82, 2.24) is 15.5 Å². The van der Waals surface area contributed by atoms with Crippen LogP contribution in [0.15, 0.2) is 30.3 Å². The highest BCUT2D eigenvalue weighted by Gasteiger charge is 2.20. The molecule has 10 heteroatoms. The van der Waals surface area contributed by atoms with Gasteiger partial charge < -0.3 is 30.7 Å². The molecule has 1 aliphatic rings. The molecule has 3 rings (SSSR count). The third kappa shape index (κ3) is 7.62. The van der Waals surface area contributed by atoms with Gasteiger partial charge >= 0.3 is 12.1 Å². The van der Waals surface area contributed by atoms with Gasteiger partial charge in [-0.05, 0) is 62.3 Å². The summed E-state index contributed by atoms with van der Waals surface area (Å²) in [5.74, 6) is 1.05. The van der Waals surface area contributed by atoms with Gasteiger partial charge in [0.1, 0.15) is 17.4 Å². The fraction of sp³-hybridized carbons (Fsp3) is 0.478. The molecule has 33 heavy (non-hydrogen) atoms. The lowest BCUT2D eigenvalue weighted by atomic mass is 10.1. The highest BCUT2D eigenvalue weighted by molar-refractivity contribution is 7.20. The number of urea groups is 1. The first-order chi connectivity index (χ1) is 16.0. The second kappa shape index (κ2) is 12.4. The Morgan fingerprint density at radius 3 is 2.64 bits per heavy atom. The number of hydrogen-bond acceptors (Lipinski definition) is 7. The van der Waals surface area contributed by atoms with Crippen LogP contribution in [-0.2, 0) is 0 Å². The van der Waals surface area contributed by atoms with Crippen LogP contribution >= 0.6 is 11.3 Å². The average molecular weight is 476 g/mol. The van der Waals surface area contributed by atoms with E-state index in [1.807, 2.05) is 24.3 Å². The van der Waals surface area contributed by atoms with Gasteiger partial charge in [-0.2, -0.15) is 0 Å². The SMILES string of the molecule is CCN(CC)CCOc1ccc(-c2cc(OC(=O)N[C@H]3CCCNC3)c(NC(N)=O)s2)cc1. The van der Waals surface area contributed by atoms with Crippen molar-refractivity contribution in [3.05, 3.63) is 30.3 Å². The number of nitrogens with one attached hydrogen (secondary N) is 3. The van der Waals surface area contributed by atoms with Crippen molar-refractivity contribution in [2.45, 2.75) is 32.7 Å². The van der Waals surface area contributed by atoms with Crippen LogP contribution in [0.25, 0.3) is 10.4 Å². The van der Waals surface area contributed by atoms with Gasteiger partial charge in [0.2, 0.25) is 0 Å². The zero-order valence-corrected chi connectivity index (χ0v) is 20.0. The minimum Gasteiger partial charge on any atom is -0.492 e. The van der Waals surface area contributed by atoms with Gasteiger partial charge in [0.05, 0.1) is 0 Å². The number of piperidine rings is 1. The molecule has 1 aromatic carbocycles. The number of benzene rings is 1. The van der Waals surface area contributed by atoms with Crippen molar-refractivity contribution < 1.29 is 19.1 Å². The molecular weight excluding hydrogens is 442 g/mol. The maximum absolute atomic E-state index is 12.4. The molecule has 5 N–H and O–H groups in total. The summed E-state index contributed by atoms with van der Waals surface area (Å²) in [6, 6.07) is 8.70. The van der Waals surface area contributed by atoms with Crippen LogP contribution in [0.2, 0.25) is 0 Å². The number of thiophene rings is 1. The van der Waals surface area contributed by atoms with E-state index in [0.29, 0.717) is 18.2 Å². The van der Waals surface area contributed by atoms with Gasteiger partial charge in [-0.15, -0.1) is 11.3 Å². The summed E-state index contributed by atoms with van der Waals surface area (Å²) in [4.78, 5) is 27.0. The molecule has 1 atom stereocenters. The molecule has 1 aliphatic heterocycles. The lowest BCUT2D eigenvalue weighted by Gasteiger charge is -2.23. The third-order valence-electron chi connectivity index (χ3n) is 5.47. The maximum atomic E-state index is 12.4. The fourth-order valence-corrected chi connectivity index (χ4v) is 4.60. The number of likely N-dealkylation sites (N-methyl/N-ethyl adjacent to an activating group) is 1. The first kappa shape index (κ1) is 24.8. The highest BCUT2D eigenvalue weighted by atomic mass is 32.1. The second-order valence-electron chi connectivity index (χ2n) is 7.77. The van der Waals surface area contributed by atoms with Crippen LogP contribution in [0.4, 0.5) is 14.6 Å². The van der Waals surface area contributed by atoms with Crippen molar-refractivity contribution in [2.24, 2.45) is 5.73 Å². The molecule has 1 saturated heterocycles. The number of amides is 3. The Labute approximate surface area is 198 Å². The summed E-state index contributed by atoms with van der Waals surface area (Å²) in [6.45, 7) is 9.42. The predicted molar refractivity (Wildman–Crippen MR) is 131 cm³/mol. The van der Waals surface area contributed by atoms with E-state index in [1.165, 1.54) is 11.3 Å². The Bertz CT molecular complexity index is 908. The molecule has 2 aromatic rings. The van der Waals surface area contributed by atoms with E-state index in [9.17, 15) is 9.59 Å². The monoisotopic (exact) mass is 475 g/mol. The molecule has 0 aliphatic carbocycles. The van der Waals surface area contributed by atoms with E-state index >= 15 is 0 Å². The molecule has 2 heterocycles. The van der Waals surface area contributed by atoms with Crippen molar-refractivity contribution in [3.8, 4) is 21.9 Å². The van der Waals surface area contributed by atoms with E-state index in [1.54, 1.807) is 6.07 Å². The molecule has 1 fully saturated rings. The van der Waals surface area contributed by atoms with Gasteiger partial charge in [0, 0.05) is 30.1 Å². The number of primary amides is 1. The zero-order chi connectivity index (χ0) is 23.6.